The van der Waals surface area contributed by atoms with Crippen molar-refractivity contribution in [2.24, 2.45) is 0 Å². The van der Waals surface area contributed by atoms with E-state index in [2.05, 4.69) is 250 Å². The monoisotopic (exact) mass is 905 g/mol. The number of nitrogens with zero attached hydrogens (tertiary/aromatic N) is 2. The van der Waals surface area contributed by atoms with Crippen molar-refractivity contribution in [2.45, 2.75) is 83.1 Å². The molecule has 0 amide bonds. The van der Waals surface area contributed by atoms with Crippen molar-refractivity contribution in [3.05, 3.63) is 224 Å². The maximum Gasteiger partial charge on any atom is 0.245 e. The van der Waals surface area contributed by atoms with E-state index in [1.807, 2.05) is 0 Å². The molecule has 0 bridgehead atoms. The Kier molecular flexibility index (Phi) is 11.2. The number of hydrogen-bond acceptors (Lipinski definition) is 0. The zero-order chi connectivity index (χ0) is 48.9. The maximum atomic E-state index is 2.65. The van der Waals surface area contributed by atoms with Crippen LogP contribution < -0.4 is 32.8 Å². The summed E-state index contributed by atoms with van der Waals surface area (Å²) in [5, 5.41) is 5.02. The van der Waals surface area contributed by atoms with Crippen LogP contribution in [0.15, 0.2) is 158 Å². The predicted molar refractivity (Wildman–Crippen MR) is 307 cm³/mol. The standard InChI is InChI=1S/C66H62B2N2/c1-39-29-43(5)63(44(6)30-39)67(64-45(7)31-40(2)32-46(64)8)55-37-62(70-59-27-19-15-23-53(59)54-24-16-20-28-60(54)70)56(38-61(55)69-57-25-17-13-21-51(57)52-22-14-18-26-58(52)69)68(65-47(9)33-41(3)34-48(65)10)66-49(11)35-42(4)36-50(66)12/h13-38H,1-12H3. The van der Waals surface area contributed by atoms with E-state index in [0.29, 0.717) is 0 Å². The minimum absolute atomic E-state index is 0.110. The van der Waals surface area contributed by atoms with Gasteiger partial charge in [0.2, 0.25) is 13.4 Å². The summed E-state index contributed by atoms with van der Waals surface area (Å²) in [5.74, 6) is 0. The summed E-state index contributed by atoms with van der Waals surface area (Å²) in [6.45, 7) is 27.5. The molecule has 0 fully saturated rings. The first kappa shape index (κ1) is 45.2. The molecule has 0 saturated heterocycles. The summed E-state index contributed by atoms with van der Waals surface area (Å²) < 4.78 is 5.23. The van der Waals surface area contributed by atoms with E-state index in [1.54, 1.807) is 0 Å². The van der Waals surface area contributed by atoms with Gasteiger partial charge in [0, 0.05) is 32.9 Å². The fourth-order valence-corrected chi connectivity index (χ4v) is 13.3. The Morgan fingerprint density at radius 3 is 0.671 bits per heavy atom. The highest BCUT2D eigenvalue weighted by atomic mass is 15.0. The van der Waals surface area contributed by atoms with Crippen molar-refractivity contribution in [2.75, 3.05) is 0 Å². The van der Waals surface area contributed by atoms with Crippen LogP contribution in [-0.2, 0) is 0 Å². The van der Waals surface area contributed by atoms with Crippen LogP contribution in [0.2, 0.25) is 0 Å². The Labute approximate surface area is 415 Å². The summed E-state index contributed by atoms with van der Waals surface area (Å²) in [6, 6.07) is 60.7. The number of hydrogen-bond donors (Lipinski definition) is 0. The summed E-state index contributed by atoms with van der Waals surface area (Å²) in [5.41, 5.74) is 30.9. The molecule has 70 heavy (non-hydrogen) atoms. The SMILES string of the molecule is Cc1cc(C)c(B(c2cc(-n3c4ccccc4c4ccccc43)c(B(c3c(C)cc(C)cc3C)c3c(C)cc(C)cc3C)cc2-n2c3ccccc3c3ccccc32)c2c(C)cc(C)cc2C)c(C)c1. The zero-order valence-electron chi connectivity index (χ0n) is 43.1. The van der Waals surface area contributed by atoms with E-state index in [0.717, 1.165) is 0 Å². The zero-order valence-corrected chi connectivity index (χ0v) is 43.1. The third kappa shape index (κ3) is 7.26. The Balaban J connectivity index is 1.44. The lowest BCUT2D eigenvalue weighted by Gasteiger charge is -2.31. The molecular formula is C66H62B2N2. The Morgan fingerprint density at radius 1 is 0.257 bits per heavy atom. The number of rotatable bonds is 8. The molecule has 0 saturated carbocycles. The average molecular weight is 905 g/mol. The largest absolute Gasteiger partial charge is 0.310 e. The second-order valence-corrected chi connectivity index (χ2v) is 20.8. The minimum Gasteiger partial charge on any atom is -0.310 e. The molecule has 0 spiro atoms. The molecule has 342 valence electrons. The van der Waals surface area contributed by atoms with Gasteiger partial charge in [0.15, 0.2) is 0 Å². The van der Waals surface area contributed by atoms with Gasteiger partial charge in [0.05, 0.1) is 22.1 Å². The molecule has 0 aliphatic heterocycles. The molecule has 11 rings (SSSR count). The Morgan fingerprint density at radius 2 is 0.457 bits per heavy atom. The third-order valence-corrected chi connectivity index (χ3v) is 15.5. The fourth-order valence-electron chi connectivity index (χ4n) is 13.3. The smallest absolute Gasteiger partial charge is 0.245 e. The van der Waals surface area contributed by atoms with Crippen LogP contribution in [0, 0.1) is 83.1 Å². The van der Waals surface area contributed by atoms with Crippen molar-refractivity contribution >= 4 is 89.8 Å². The topological polar surface area (TPSA) is 9.86 Å². The summed E-state index contributed by atoms with van der Waals surface area (Å²) in [7, 11) is 0. The Hall–Kier alpha value is -7.29. The lowest BCUT2D eigenvalue weighted by molar-refractivity contribution is 1.16. The van der Waals surface area contributed by atoms with Crippen molar-refractivity contribution in [3.8, 4) is 11.4 Å². The van der Waals surface area contributed by atoms with Crippen molar-refractivity contribution < 1.29 is 0 Å². The van der Waals surface area contributed by atoms with E-state index in [9.17, 15) is 0 Å². The fraction of sp³-hybridized carbons (Fsp3) is 0.182. The van der Waals surface area contributed by atoms with Crippen molar-refractivity contribution in [1.82, 2.24) is 9.13 Å². The Bertz CT molecular complexity index is 3360. The number of aromatic nitrogens is 2. The van der Waals surface area contributed by atoms with Crippen LogP contribution in [-0.4, -0.2) is 22.6 Å². The highest BCUT2D eigenvalue weighted by Crippen LogP contribution is 2.35. The van der Waals surface area contributed by atoms with E-state index < -0.39 is 0 Å². The van der Waals surface area contributed by atoms with Crippen LogP contribution in [0.25, 0.3) is 55.0 Å². The summed E-state index contributed by atoms with van der Waals surface area (Å²) in [4.78, 5) is 0. The summed E-state index contributed by atoms with van der Waals surface area (Å²) in [6.07, 6.45) is 0. The van der Waals surface area contributed by atoms with Gasteiger partial charge in [-0.25, -0.2) is 0 Å². The predicted octanol–water partition coefficient (Wildman–Crippen LogP) is 12.6. The van der Waals surface area contributed by atoms with Crippen LogP contribution in [0.5, 0.6) is 0 Å². The molecule has 0 atom stereocenters. The van der Waals surface area contributed by atoms with Gasteiger partial charge in [-0.1, -0.05) is 210 Å². The van der Waals surface area contributed by atoms with Gasteiger partial charge in [0.1, 0.15) is 0 Å². The molecule has 0 unspecified atom stereocenters. The highest BCUT2D eigenvalue weighted by Gasteiger charge is 2.37. The first-order valence-electron chi connectivity index (χ1n) is 25.2. The molecule has 9 aromatic carbocycles. The first-order chi connectivity index (χ1) is 33.7. The average Bonchev–Trinajstić information content (AvgIpc) is 3.82. The van der Waals surface area contributed by atoms with E-state index in [4.69, 9.17) is 0 Å². The van der Waals surface area contributed by atoms with E-state index in [1.165, 1.54) is 155 Å². The van der Waals surface area contributed by atoms with Crippen molar-refractivity contribution in [1.29, 1.82) is 0 Å². The van der Waals surface area contributed by atoms with Gasteiger partial charge in [-0.05, 0) is 130 Å². The van der Waals surface area contributed by atoms with E-state index in [-0.39, 0.29) is 13.4 Å². The van der Waals surface area contributed by atoms with Gasteiger partial charge < -0.3 is 9.13 Å². The molecule has 0 aliphatic rings. The number of benzene rings is 9. The second kappa shape index (κ2) is 17.3. The second-order valence-electron chi connectivity index (χ2n) is 20.8. The number of para-hydroxylation sites is 4. The quantitative estimate of drug-likeness (QED) is 0.135. The van der Waals surface area contributed by atoms with Crippen LogP contribution >= 0.6 is 0 Å². The van der Waals surface area contributed by atoms with Gasteiger partial charge >= 0.3 is 0 Å². The lowest BCUT2D eigenvalue weighted by atomic mass is 9.31. The summed E-state index contributed by atoms with van der Waals surface area (Å²) >= 11 is 0. The van der Waals surface area contributed by atoms with Gasteiger partial charge in [-0.15, -0.1) is 0 Å². The van der Waals surface area contributed by atoms with Gasteiger partial charge in [-0.2, -0.15) is 0 Å². The minimum atomic E-state index is -0.110. The van der Waals surface area contributed by atoms with Crippen LogP contribution in [0.4, 0.5) is 0 Å². The molecular weight excluding hydrogens is 842 g/mol. The molecule has 0 N–H and O–H groups in total. The first-order valence-corrected chi connectivity index (χ1v) is 25.2. The van der Waals surface area contributed by atoms with E-state index >= 15 is 0 Å². The highest BCUT2D eigenvalue weighted by molar-refractivity contribution is 6.99. The molecule has 11 aromatic rings. The normalized spacial score (nSPS) is 11.7. The third-order valence-electron chi connectivity index (χ3n) is 15.5. The maximum absolute atomic E-state index is 2.65. The molecule has 2 aromatic heterocycles. The lowest BCUT2D eigenvalue weighted by Crippen LogP contribution is -2.60. The molecule has 4 heteroatoms. The van der Waals surface area contributed by atoms with Gasteiger partial charge in [0.25, 0.3) is 0 Å². The van der Waals surface area contributed by atoms with Crippen LogP contribution in [0.1, 0.15) is 66.8 Å². The molecule has 0 aliphatic carbocycles. The van der Waals surface area contributed by atoms with Gasteiger partial charge in [-0.3, -0.25) is 0 Å². The molecule has 2 heterocycles. The number of aryl methyl sites for hydroxylation is 12. The van der Waals surface area contributed by atoms with Crippen molar-refractivity contribution in [3.63, 3.8) is 0 Å². The van der Waals surface area contributed by atoms with Crippen LogP contribution in [0.3, 0.4) is 0 Å². The number of fused-ring (bicyclic) bond motifs is 6. The molecule has 0 radical (unpaired) electrons. The molecule has 2 nitrogen and oxygen atoms in total.